The van der Waals surface area contributed by atoms with Gasteiger partial charge in [0.2, 0.25) is 0 Å². The van der Waals surface area contributed by atoms with Crippen LogP contribution in [0.2, 0.25) is 5.02 Å². The van der Waals surface area contributed by atoms with Gasteiger partial charge in [-0.3, -0.25) is 9.59 Å². The van der Waals surface area contributed by atoms with Gasteiger partial charge in [-0.05, 0) is 95.2 Å². The van der Waals surface area contributed by atoms with E-state index in [1.807, 2.05) is 32.9 Å². The lowest BCUT2D eigenvalue weighted by Gasteiger charge is -2.42. The van der Waals surface area contributed by atoms with Gasteiger partial charge in [0, 0.05) is 59.4 Å². The average molecular weight is 517 g/mol. The normalized spacial score (nSPS) is 19.8. The van der Waals surface area contributed by atoms with E-state index in [0.717, 1.165) is 74.2 Å². The first kappa shape index (κ1) is 28.2. The first-order valence-corrected chi connectivity index (χ1v) is 13.3. The van der Waals surface area contributed by atoms with Crippen molar-refractivity contribution in [2.45, 2.75) is 84.3 Å². The van der Waals surface area contributed by atoms with Crippen LogP contribution in [0.1, 0.15) is 78.2 Å². The summed E-state index contributed by atoms with van der Waals surface area (Å²) in [5.74, 6) is -0.244. The number of nitrogens with one attached hydrogen (secondary N) is 4. The number of aryl methyl sites for hydroxylation is 2. The number of amides is 1. The lowest BCUT2D eigenvalue weighted by molar-refractivity contribution is 0.0950. The SMILES string of the molecule is CCC1(Nc2cc(Cl)cc(C(=O)NCc3c(C)cc(C)[nH]c3=O)c2C)CCC(NCCCOC)CC1. The standard InChI is InChI=1S/C28H41ClN4O3/c1-6-28(10-8-22(9-11-28)30-12-7-13-36-5)33-25-16-21(29)15-23(20(25)4)26(34)31-17-24-18(2)14-19(3)32-27(24)35/h14-16,22,30,33H,6-13,17H2,1-5H3,(H,31,34)(H,32,35). The van der Waals surface area contributed by atoms with Crippen molar-refractivity contribution < 1.29 is 9.53 Å². The Morgan fingerprint density at radius 1 is 1.19 bits per heavy atom. The molecule has 4 N–H and O–H groups in total. The first-order valence-electron chi connectivity index (χ1n) is 13.0. The van der Waals surface area contributed by atoms with Gasteiger partial charge in [-0.15, -0.1) is 0 Å². The zero-order valence-electron chi connectivity index (χ0n) is 22.3. The van der Waals surface area contributed by atoms with Crippen LogP contribution >= 0.6 is 11.6 Å². The van der Waals surface area contributed by atoms with Crippen molar-refractivity contribution in [2.75, 3.05) is 25.6 Å². The third-order valence-corrected chi connectivity index (χ3v) is 7.73. The van der Waals surface area contributed by atoms with Gasteiger partial charge < -0.3 is 25.7 Å². The van der Waals surface area contributed by atoms with Gasteiger partial charge in [0.05, 0.1) is 0 Å². The summed E-state index contributed by atoms with van der Waals surface area (Å²) < 4.78 is 5.14. The Kier molecular flexibility index (Phi) is 10.00. The smallest absolute Gasteiger partial charge is 0.253 e. The van der Waals surface area contributed by atoms with Crippen LogP contribution < -0.4 is 21.5 Å². The van der Waals surface area contributed by atoms with Crippen molar-refractivity contribution in [1.82, 2.24) is 15.6 Å². The number of carbonyl (C=O) groups excluding carboxylic acids is 1. The number of aromatic nitrogens is 1. The summed E-state index contributed by atoms with van der Waals surface area (Å²) in [5, 5.41) is 10.9. The minimum absolute atomic E-state index is 0.0276. The fraction of sp³-hybridized carbons (Fsp3) is 0.571. The van der Waals surface area contributed by atoms with Crippen LogP contribution in [0.5, 0.6) is 0 Å². The molecule has 1 heterocycles. The third-order valence-electron chi connectivity index (χ3n) is 7.51. The number of benzene rings is 1. The quantitative estimate of drug-likeness (QED) is 0.315. The Morgan fingerprint density at radius 3 is 2.56 bits per heavy atom. The molecular formula is C28H41ClN4O3. The molecule has 198 valence electrons. The summed E-state index contributed by atoms with van der Waals surface area (Å²) in [6, 6.07) is 6.04. The minimum atomic E-state index is -0.244. The maximum atomic E-state index is 13.1. The second-order valence-electron chi connectivity index (χ2n) is 10.1. The molecule has 0 saturated heterocycles. The van der Waals surface area contributed by atoms with E-state index in [0.29, 0.717) is 22.2 Å². The van der Waals surface area contributed by atoms with E-state index in [4.69, 9.17) is 16.3 Å². The van der Waals surface area contributed by atoms with Crippen molar-refractivity contribution in [3.8, 4) is 0 Å². The summed E-state index contributed by atoms with van der Waals surface area (Å²) in [6.45, 7) is 9.81. The predicted octanol–water partition coefficient (Wildman–Crippen LogP) is 5.01. The van der Waals surface area contributed by atoms with Crippen molar-refractivity contribution >= 4 is 23.2 Å². The third kappa shape index (κ3) is 7.11. The van der Waals surface area contributed by atoms with Crippen molar-refractivity contribution in [3.05, 3.63) is 61.5 Å². The zero-order chi connectivity index (χ0) is 26.3. The highest BCUT2D eigenvalue weighted by Gasteiger charge is 2.34. The molecule has 36 heavy (non-hydrogen) atoms. The Labute approximate surface area is 219 Å². The monoisotopic (exact) mass is 516 g/mol. The molecule has 0 unspecified atom stereocenters. The first-order chi connectivity index (χ1) is 17.2. The van der Waals surface area contributed by atoms with Gasteiger partial charge in [-0.1, -0.05) is 18.5 Å². The van der Waals surface area contributed by atoms with E-state index in [2.05, 4.69) is 27.9 Å². The lowest BCUT2D eigenvalue weighted by atomic mass is 9.77. The molecule has 8 heteroatoms. The molecular weight excluding hydrogens is 476 g/mol. The highest BCUT2D eigenvalue weighted by Crippen LogP contribution is 2.37. The van der Waals surface area contributed by atoms with E-state index in [9.17, 15) is 9.59 Å². The molecule has 1 aliphatic rings. The molecule has 1 aromatic heterocycles. The maximum Gasteiger partial charge on any atom is 0.253 e. The number of rotatable bonds is 11. The number of carbonyl (C=O) groups is 1. The average Bonchev–Trinajstić information content (AvgIpc) is 2.84. The Hall–Kier alpha value is -2.35. The van der Waals surface area contributed by atoms with Gasteiger partial charge in [0.15, 0.2) is 0 Å². The van der Waals surface area contributed by atoms with Crippen LogP contribution in [0.15, 0.2) is 23.0 Å². The summed E-state index contributed by atoms with van der Waals surface area (Å²) >= 11 is 6.47. The van der Waals surface area contributed by atoms with Gasteiger partial charge in [-0.2, -0.15) is 0 Å². The number of methoxy groups -OCH3 is 1. The molecule has 7 nitrogen and oxygen atoms in total. The minimum Gasteiger partial charge on any atom is -0.385 e. The summed E-state index contributed by atoms with van der Waals surface area (Å²) in [4.78, 5) is 28.3. The summed E-state index contributed by atoms with van der Waals surface area (Å²) in [5.41, 5.74) is 4.29. The molecule has 1 aliphatic carbocycles. The largest absolute Gasteiger partial charge is 0.385 e. The van der Waals surface area contributed by atoms with Gasteiger partial charge in [0.25, 0.3) is 11.5 Å². The number of hydrogen-bond donors (Lipinski definition) is 4. The second-order valence-corrected chi connectivity index (χ2v) is 10.5. The number of pyridine rings is 1. The van der Waals surface area contributed by atoms with E-state index < -0.39 is 0 Å². The fourth-order valence-corrected chi connectivity index (χ4v) is 5.38. The number of ether oxygens (including phenoxy) is 1. The highest BCUT2D eigenvalue weighted by atomic mass is 35.5. The molecule has 2 aromatic rings. The molecule has 1 fully saturated rings. The van der Waals surface area contributed by atoms with E-state index in [1.165, 1.54) is 0 Å². The van der Waals surface area contributed by atoms with E-state index in [1.54, 1.807) is 13.2 Å². The Bertz CT molecular complexity index is 1110. The topological polar surface area (TPSA) is 95.3 Å². The molecule has 0 atom stereocenters. The molecule has 0 radical (unpaired) electrons. The number of anilines is 1. The number of aromatic amines is 1. The van der Waals surface area contributed by atoms with Crippen LogP contribution in [0.3, 0.4) is 0 Å². The summed E-state index contributed by atoms with van der Waals surface area (Å²) in [6.07, 6.45) is 6.32. The van der Waals surface area contributed by atoms with E-state index >= 15 is 0 Å². The zero-order valence-corrected chi connectivity index (χ0v) is 23.0. The maximum absolute atomic E-state index is 13.1. The number of hydrogen-bond acceptors (Lipinski definition) is 5. The molecule has 0 bridgehead atoms. The lowest BCUT2D eigenvalue weighted by Crippen LogP contribution is -2.46. The fourth-order valence-electron chi connectivity index (χ4n) is 5.16. The molecule has 1 aromatic carbocycles. The van der Waals surface area contributed by atoms with Crippen LogP contribution in [0.25, 0.3) is 0 Å². The molecule has 0 aliphatic heterocycles. The number of halogens is 1. The predicted molar refractivity (Wildman–Crippen MR) is 147 cm³/mol. The Balaban J connectivity index is 1.69. The highest BCUT2D eigenvalue weighted by molar-refractivity contribution is 6.31. The van der Waals surface area contributed by atoms with Gasteiger partial charge in [-0.25, -0.2) is 0 Å². The van der Waals surface area contributed by atoms with Crippen molar-refractivity contribution in [3.63, 3.8) is 0 Å². The van der Waals surface area contributed by atoms with Gasteiger partial charge in [0.1, 0.15) is 0 Å². The second kappa shape index (κ2) is 12.7. The Morgan fingerprint density at radius 2 is 1.92 bits per heavy atom. The van der Waals surface area contributed by atoms with Crippen LogP contribution in [0.4, 0.5) is 5.69 Å². The molecule has 0 spiro atoms. The summed E-state index contributed by atoms with van der Waals surface area (Å²) in [7, 11) is 1.74. The van der Waals surface area contributed by atoms with Crippen molar-refractivity contribution in [2.24, 2.45) is 0 Å². The van der Waals surface area contributed by atoms with Crippen LogP contribution in [0, 0.1) is 20.8 Å². The molecule has 1 amide bonds. The van der Waals surface area contributed by atoms with Crippen molar-refractivity contribution in [1.29, 1.82) is 0 Å². The molecule has 3 rings (SSSR count). The number of H-pyrrole nitrogens is 1. The van der Waals surface area contributed by atoms with Crippen LogP contribution in [-0.4, -0.2) is 42.7 Å². The van der Waals surface area contributed by atoms with Crippen LogP contribution in [-0.2, 0) is 11.3 Å². The molecule has 1 saturated carbocycles. The van der Waals surface area contributed by atoms with E-state index in [-0.39, 0.29) is 23.6 Å². The van der Waals surface area contributed by atoms with Gasteiger partial charge >= 0.3 is 0 Å².